The van der Waals surface area contributed by atoms with Crippen molar-refractivity contribution in [1.29, 1.82) is 0 Å². The molecule has 0 aliphatic carbocycles. The highest BCUT2D eigenvalue weighted by Gasteiger charge is 2.30. The third kappa shape index (κ3) is 4.01. The van der Waals surface area contributed by atoms with Crippen molar-refractivity contribution in [3.05, 3.63) is 84.1 Å². The number of fused-ring (bicyclic) bond motifs is 1. The number of anilines is 2. The molecule has 28 heavy (non-hydrogen) atoms. The molecule has 2 N–H and O–H groups in total. The summed E-state index contributed by atoms with van der Waals surface area (Å²) < 4.78 is 5.65. The Morgan fingerprint density at radius 1 is 1.07 bits per heavy atom. The largest absolute Gasteiger partial charge is 0.473 e. The van der Waals surface area contributed by atoms with E-state index in [2.05, 4.69) is 15.6 Å². The number of nitrogens with one attached hydrogen (secondary N) is 2. The van der Waals surface area contributed by atoms with Gasteiger partial charge < -0.3 is 15.4 Å². The zero-order valence-electron chi connectivity index (χ0n) is 15.1. The summed E-state index contributed by atoms with van der Waals surface area (Å²) in [5.74, 6) is -0.452. The van der Waals surface area contributed by atoms with Crippen molar-refractivity contribution < 1.29 is 14.3 Å². The van der Waals surface area contributed by atoms with Crippen LogP contribution in [0.5, 0.6) is 5.88 Å². The minimum absolute atomic E-state index is 0.120. The molecule has 0 fully saturated rings. The van der Waals surface area contributed by atoms with E-state index in [9.17, 15) is 9.59 Å². The van der Waals surface area contributed by atoms with Crippen molar-refractivity contribution in [3.8, 4) is 5.88 Å². The molecule has 6 heteroatoms. The Balaban J connectivity index is 1.40. The van der Waals surface area contributed by atoms with Crippen LogP contribution in [-0.2, 0) is 16.2 Å². The Labute approximate surface area is 162 Å². The summed E-state index contributed by atoms with van der Waals surface area (Å²) in [5.41, 5.74) is 3.11. The van der Waals surface area contributed by atoms with E-state index in [-0.39, 0.29) is 18.2 Å². The molecule has 2 aromatic carbocycles. The third-order valence-electron chi connectivity index (χ3n) is 4.55. The van der Waals surface area contributed by atoms with Gasteiger partial charge >= 0.3 is 0 Å². The first-order valence-corrected chi connectivity index (χ1v) is 9.01. The molecular weight excluding hydrogens is 354 g/mol. The summed E-state index contributed by atoms with van der Waals surface area (Å²) in [6, 6.07) is 20.6. The smallest absolute Gasteiger partial charge is 0.232 e. The molecule has 2 amide bonds. The molecule has 2 heterocycles. The average molecular weight is 373 g/mol. The van der Waals surface area contributed by atoms with Gasteiger partial charge in [0.2, 0.25) is 17.7 Å². The van der Waals surface area contributed by atoms with Gasteiger partial charge in [0.05, 0.1) is 17.8 Å². The third-order valence-corrected chi connectivity index (χ3v) is 4.55. The Kier molecular flexibility index (Phi) is 5.01. The first-order chi connectivity index (χ1) is 13.7. The number of rotatable bonds is 5. The minimum Gasteiger partial charge on any atom is -0.473 e. The fourth-order valence-electron chi connectivity index (χ4n) is 3.15. The number of nitrogens with zero attached hydrogens (tertiary/aromatic N) is 1. The molecule has 1 unspecified atom stereocenters. The van der Waals surface area contributed by atoms with Gasteiger partial charge in [0.1, 0.15) is 6.61 Å². The van der Waals surface area contributed by atoms with Crippen molar-refractivity contribution in [1.82, 2.24) is 4.98 Å². The molecule has 140 valence electrons. The Hall–Kier alpha value is -3.67. The number of pyridine rings is 1. The summed E-state index contributed by atoms with van der Waals surface area (Å²) in [7, 11) is 0. The lowest BCUT2D eigenvalue weighted by molar-refractivity contribution is -0.123. The highest BCUT2D eigenvalue weighted by molar-refractivity contribution is 6.05. The predicted molar refractivity (Wildman–Crippen MR) is 106 cm³/mol. The number of carbonyl (C=O) groups excluding carboxylic acids is 2. The maximum absolute atomic E-state index is 12.7. The lowest BCUT2D eigenvalue weighted by Gasteiger charge is -2.24. The molecule has 0 saturated heterocycles. The van der Waals surface area contributed by atoms with Gasteiger partial charge in [-0.1, -0.05) is 48.5 Å². The fraction of sp³-hybridized carbons (Fsp3) is 0.136. The van der Waals surface area contributed by atoms with Crippen LogP contribution >= 0.6 is 0 Å². The van der Waals surface area contributed by atoms with Crippen LogP contribution in [0.25, 0.3) is 0 Å². The van der Waals surface area contributed by atoms with E-state index >= 15 is 0 Å². The second kappa shape index (κ2) is 7.92. The van der Waals surface area contributed by atoms with Crippen LogP contribution in [0.4, 0.5) is 11.4 Å². The van der Waals surface area contributed by atoms with Crippen LogP contribution in [0, 0.1) is 0 Å². The van der Waals surface area contributed by atoms with E-state index in [4.69, 9.17) is 4.74 Å². The van der Waals surface area contributed by atoms with Gasteiger partial charge in [0, 0.05) is 18.2 Å². The van der Waals surface area contributed by atoms with Crippen molar-refractivity contribution in [2.75, 3.05) is 10.6 Å². The standard InChI is InChI=1S/C22H19N3O3/c26-20-12-18(17-8-4-5-9-19(17)25-20)22(27)24-16-10-11-21(23-13-16)28-14-15-6-2-1-3-7-15/h1-11,13,18H,12,14H2,(H,24,27)(H,25,26). The summed E-state index contributed by atoms with van der Waals surface area (Å²) in [4.78, 5) is 28.9. The average Bonchev–Trinajstić information content (AvgIpc) is 2.73. The monoisotopic (exact) mass is 373 g/mol. The molecule has 1 atom stereocenters. The van der Waals surface area contributed by atoms with Crippen molar-refractivity contribution in [3.63, 3.8) is 0 Å². The molecular formula is C22H19N3O3. The Morgan fingerprint density at radius 2 is 1.86 bits per heavy atom. The topological polar surface area (TPSA) is 80.3 Å². The SMILES string of the molecule is O=C1CC(C(=O)Nc2ccc(OCc3ccccc3)nc2)c2ccccc2N1. The first-order valence-electron chi connectivity index (χ1n) is 9.01. The number of para-hydroxylation sites is 1. The highest BCUT2D eigenvalue weighted by Crippen LogP contribution is 2.32. The van der Waals surface area contributed by atoms with Crippen molar-refractivity contribution in [2.24, 2.45) is 0 Å². The molecule has 1 aromatic heterocycles. The minimum atomic E-state index is -0.529. The summed E-state index contributed by atoms with van der Waals surface area (Å²) in [6.07, 6.45) is 1.67. The molecule has 1 aliphatic rings. The van der Waals surface area contributed by atoms with Gasteiger partial charge in [-0.3, -0.25) is 9.59 Å². The first kappa shape index (κ1) is 17.7. The van der Waals surface area contributed by atoms with Gasteiger partial charge in [0.25, 0.3) is 0 Å². The number of hydrogen-bond acceptors (Lipinski definition) is 4. The van der Waals surface area contributed by atoms with Crippen LogP contribution in [0.2, 0.25) is 0 Å². The van der Waals surface area contributed by atoms with Gasteiger partial charge in [-0.05, 0) is 23.3 Å². The van der Waals surface area contributed by atoms with Crippen LogP contribution in [0.15, 0.2) is 72.9 Å². The molecule has 0 saturated carbocycles. The number of aromatic nitrogens is 1. The van der Waals surface area contributed by atoms with E-state index in [1.54, 1.807) is 24.4 Å². The second-order valence-electron chi connectivity index (χ2n) is 6.54. The van der Waals surface area contributed by atoms with Crippen LogP contribution in [0.3, 0.4) is 0 Å². The fourth-order valence-corrected chi connectivity index (χ4v) is 3.15. The lowest BCUT2D eigenvalue weighted by Crippen LogP contribution is -2.30. The predicted octanol–water partition coefficient (Wildman–Crippen LogP) is 3.73. The molecule has 1 aliphatic heterocycles. The lowest BCUT2D eigenvalue weighted by atomic mass is 9.90. The van der Waals surface area contributed by atoms with E-state index < -0.39 is 5.92 Å². The van der Waals surface area contributed by atoms with Crippen molar-refractivity contribution >= 4 is 23.2 Å². The molecule has 3 aromatic rings. The Bertz CT molecular complexity index is 987. The number of carbonyl (C=O) groups is 2. The van der Waals surface area contributed by atoms with E-state index in [0.29, 0.717) is 23.9 Å². The summed E-state index contributed by atoms with van der Waals surface area (Å²) in [5, 5.41) is 5.63. The van der Waals surface area contributed by atoms with E-state index in [0.717, 1.165) is 11.1 Å². The van der Waals surface area contributed by atoms with Gasteiger partial charge in [0.15, 0.2) is 0 Å². The molecule has 0 radical (unpaired) electrons. The molecule has 4 rings (SSSR count). The normalized spacial score (nSPS) is 15.3. The number of ether oxygens (including phenoxy) is 1. The van der Waals surface area contributed by atoms with Crippen LogP contribution < -0.4 is 15.4 Å². The van der Waals surface area contributed by atoms with Gasteiger partial charge in [-0.15, -0.1) is 0 Å². The van der Waals surface area contributed by atoms with Crippen molar-refractivity contribution in [2.45, 2.75) is 18.9 Å². The van der Waals surface area contributed by atoms with Crippen LogP contribution in [-0.4, -0.2) is 16.8 Å². The summed E-state index contributed by atoms with van der Waals surface area (Å²) >= 11 is 0. The maximum Gasteiger partial charge on any atom is 0.232 e. The van der Waals surface area contributed by atoms with E-state index in [1.165, 1.54) is 0 Å². The Morgan fingerprint density at radius 3 is 2.64 bits per heavy atom. The van der Waals surface area contributed by atoms with Gasteiger partial charge in [-0.25, -0.2) is 4.98 Å². The van der Waals surface area contributed by atoms with E-state index in [1.807, 2.05) is 48.5 Å². The molecule has 6 nitrogen and oxygen atoms in total. The number of amides is 2. The number of benzene rings is 2. The molecule has 0 spiro atoms. The maximum atomic E-state index is 12.7. The second-order valence-corrected chi connectivity index (χ2v) is 6.54. The summed E-state index contributed by atoms with van der Waals surface area (Å²) in [6.45, 7) is 0.424. The van der Waals surface area contributed by atoms with Crippen LogP contribution in [0.1, 0.15) is 23.5 Å². The zero-order valence-corrected chi connectivity index (χ0v) is 15.1. The van der Waals surface area contributed by atoms with Gasteiger partial charge in [-0.2, -0.15) is 0 Å². The molecule has 0 bridgehead atoms. The quantitative estimate of drug-likeness (QED) is 0.714. The number of hydrogen-bond donors (Lipinski definition) is 2. The highest BCUT2D eigenvalue weighted by atomic mass is 16.5. The zero-order chi connectivity index (χ0) is 19.3.